The summed E-state index contributed by atoms with van der Waals surface area (Å²) in [7, 11) is 0. The lowest BCUT2D eigenvalue weighted by molar-refractivity contribution is -0.303. The molecule has 200 valence electrons. The van der Waals surface area contributed by atoms with Gasteiger partial charge in [0.25, 0.3) is 5.91 Å². The van der Waals surface area contributed by atoms with E-state index in [9.17, 15) is 22.8 Å². The van der Waals surface area contributed by atoms with Crippen LogP contribution in [-0.4, -0.2) is 54.7 Å². The standard InChI is InChI=1S/C23H29F3N8O3/c1-15-4-7-18(37-23(24,25)26)10-17(15)11-21(35)28-20-14-34(32-30-20)9-3-2-8-33-13-19(29-31-33)22(36)27-12-16-5-6-16/h4,7,10,13-17H,2-3,5-6,8-9,11-12H2,1H3,(H,27,36)(H,28,35). The van der Waals surface area contributed by atoms with Crippen LogP contribution in [0.1, 0.15) is 49.5 Å². The number of carbonyl (C=O) groups is 2. The molecule has 2 aromatic rings. The van der Waals surface area contributed by atoms with Crippen LogP contribution in [0.5, 0.6) is 0 Å². The van der Waals surface area contributed by atoms with Crippen molar-refractivity contribution in [2.75, 3.05) is 11.9 Å². The number of allylic oxidation sites excluding steroid dienone is 3. The number of hydrogen-bond donors (Lipinski definition) is 2. The fourth-order valence-corrected chi connectivity index (χ4v) is 3.84. The molecule has 2 aromatic heterocycles. The van der Waals surface area contributed by atoms with Crippen molar-refractivity contribution < 1.29 is 27.5 Å². The Labute approximate surface area is 211 Å². The number of rotatable bonds is 12. The second kappa shape index (κ2) is 11.6. The molecule has 0 aliphatic heterocycles. The number of carbonyl (C=O) groups excluding carboxylic acids is 2. The van der Waals surface area contributed by atoms with Gasteiger partial charge >= 0.3 is 6.36 Å². The molecular weight excluding hydrogens is 493 g/mol. The molecule has 2 aliphatic carbocycles. The number of unbranched alkanes of at least 4 members (excludes halogenated alkanes) is 1. The van der Waals surface area contributed by atoms with E-state index in [-0.39, 0.29) is 35.7 Å². The maximum Gasteiger partial charge on any atom is 0.573 e. The molecule has 2 aliphatic rings. The number of aryl methyl sites for hydroxylation is 2. The van der Waals surface area contributed by atoms with Crippen molar-refractivity contribution in [3.05, 3.63) is 42.1 Å². The zero-order chi connectivity index (χ0) is 26.4. The third-order valence-electron chi connectivity index (χ3n) is 6.12. The molecule has 2 heterocycles. The summed E-state index contributed by atoms with van der Waals surface area (Å²) in [5.74, 6) is -0.638. The van der Waals surface area contributed by atoms with Gasteiger partial charge in [-0.2, -0.15) is 0 Å². The van der Waals surface area contributed by atoms with Crippen molar-refractivity contribution in [1.82, 2.24) is 35.3 Å². The molecule has 11 nitrogen and oxygen atoms in total. The molecule has 37 heavy (non-hydrogen) atoms. The van der Waals surface area contributed by atoms with Gasteiger partial charge in [0.2, 0.25) is 5.91 Å². The maximum absolute atomic E-state index is 12.5. The van der Waals surface area contributed by atoms with Crippen molar-refractivity contribution in [3.63, 3.8) is 0 Å². The minimum absolute atomic E-state index is 0.0262. The first-order chi connectivity index (χ1) is 17.6. The van der Waals surface area contributed by atoms with Crippen molar-refractivity contribution in [2.45, 2.75) is 58.5 Å². The Morgan fingerprint density at radius 2 is 1.81 bits per heavy atom. The van der Waals surface area contributed by atoms with Crippen LogP contribution in [0.3, 0.4) is 0 Å². The number of nitrogens with one attached hydrogen (secondary N) is 2. The Bertz CT molecular complexity index is 1150. The van der Waals surface area contributed by atoms with Crippen LogP contribution >= 0.6 is 0 Å². The molecule has 14 heteroatoms. The first-order valence-electron chi connectivity index (χ1n) is 12.2. The molecule has 1 saturated carbocycles. The molecule has 0 saturated heterocycles. The molecule has 1 fully saturated rings. The summed E-state index contributed by atoms with van der Waals surface area (Å²) in [6.45, 7) is 3.63. The molecule has 2 atom stereocenters. The predicted molar refractivity (Wildman–Crippen MR) is 125 cm³/mol. The Kier molecular flexibility index (Phi) is 8.24. The largest absolute Gasteiger partial charge is 0.573 e. The number of halogens is 3. The van der Waals surface area contributed by atoms with Crippen LogP contribution in [0.25, 0.3) is 0 Å². The number of alkyl halides is 3. The summed E-state index contributed by atoms with van der Waals surface area (Å²) >= 11 is 0. The van der Waals surface area contributed by atoms with E-state index in [1.54, 1.807) is 27.8 Å². The fraction of sp³-hybridized carbons (Fsp3) is 0.565. The first kappa shape index (κ1) is 26.4. The summed E-state index contributed by atoms with van der Waals surface area (Å²) in [5, 5.41) is 21.3. The van der Waals surface area contributed by atoms with Gasteiger partial charge in [-0.05, 0) is 55.6 Å². The number of anilines is 1. The number of amides is 2. The normalized spacial score (nSPS) is 19.4. The Morgan fingerprint density at radius 1 is 1.11 bits per heavy atom. The predicted octanol–water partition coefficient (Wildman–Crippen LogP) is 3.06. The van der Waals surface area contributed by atoms with Gasteiger partial charge in [-0.25, -0.2) is 0 Å². The fourth-order valence-electron chi connectivity index (χ4n) is 3.84. The number of hydrogen-bond acceptors (Lipinski definition) is 7. The third-order valence-corrected chi connectivity index (χ3v) is 6.12. The molecule has 2 amide bonds. The van der Waals surface area contributed by atoms with E-state index >= 15 is 0 Å². The van der Waals surface area contributed by atoms with Crippen LogP contribution in [0.4, 0.5) is 19.0 Å². The smallest absolute Gasteiger partial charge is 0.406 e. The molecule has 0 bridgehead atoms. The van der Waals surface area contributed by atoms with Crippen LogP contribution in [0.2, 0.25) is 0 Å². The Hall–Kier alpha value is -3.71. The molecule has 2 N–H and O–H groups in total. The molecule has 0 spiro atoms. The van der Waals surface area contributed by atoms with E-state index in [1.165, 1.54) is 12.2 Å². The van der Waals surface area contributed by atoms with E-state index in [0.29, 0.717) is 31.2 Å². The number of ether oxygens (including phenoxy) is 1. The van der Waals surface area contributed by atoms with Crippen molar-refractivity contribution in [2.24, 2.45) is 17.8 Å². The first-order valence-corrected chi connectivity index (χ1v) is 12.2. The lowest BCUT2D eigenvalue weighted by atomic mass is 9.86. The number of nitrogens with zero attached hydrogens (tertiary/aromatic N) is 6. The van der Waals surface area contributed by atoms with Gasteiger partial charge in [-0.3, -0.25) is 19.0 Å². The maximum atomic E-state index is 12.5. The lowest BCUT2D eigenvalue weighted by Gasteiger charge is -2.23. The summed E-state index contributed by atoms with van der Waals surface area (Å²) in [5.41, 5.74) is 0.301. The van der Waals surface area contributed by atoms with Gasteiger partial charge in [0, 0.05) is 26.1 Å². The second-order valence-electron chi connectivity index (χ2n) is 9.35. The van der Waals surface area contributed by atoms with Crippen molar-refractivity contribution in [1.29, 1.82) is 0 Å². The highest BCUT2D eigenvalue weighted by Gasteiger charge is 2.33. The molecule has 0 aromatic carbocycles. The zero-order valence-corrected chi connectivity index (χ0v) is 20.3. The highest BCUT2D eigenvalue weighted by molar-refractivity contribution is 5.91. The van der Waals surface area contributed by atoms with Crippen molar-refractivity contribution >= 4 is 17.6 Å². The summed E-state index contributed by atoms with van der Waals surface area (Å²) < 4.78 is 44.6. The number of aromatic nitrogens is 6. The van der Waals surface area contributed by atoms with Crippen molar-refractivity contribution in [3.8, 4) is 0 Å². The quantitative estimate of drug-likeness (QED) is 0.410. The topological polar surface area (TPSA) is 129 Å². The SMILES string of the molecule is CC1C=CC(OC(F)(F)F)=CC1CC(=O)Nc1cn(CCCCn2cc(C(=O)NCC3CC3)nn2)nn1. The van der Waals surface area contributed by atoms with Crippen LogP contribution < -0.4 is 10.6 Å². The minimum atomic E-state index is -4.79. The highest BCUT2D eigenvalue weighted by atomic mass is 19.4. The molecular formula is C23H29F3N8O3. The average Bonchev–Trinajstić information content (AvgIpc) is 3.35. The second-order valence-corrected chi connectivity index (χ2v) is 9.35. The third kappa shape index (κ3) is 8.43. The van der Waals surface area contributed by atoms with Gasteiger partial charge in [-0.15, -0.1) is 23.4 Å². The average molecular weight is 523 g/mol. The van der Waals surface area contributed by atoms with Crippen LogP contribution in [0, 0.1) is 17.8 Å². The van der Waals surface area contributed by atoms with Gasteiger partial charge in [0.15, 0.2) is 11.5 Å². The van der Waals surface area contributed by atoms with Crippen LogP contribution in [0.15, 0.2) is 36.4 Å². The summed E-state index contributed by atoms with van der Waals surface area (Å²) in [6, 6.07) is 0. The van der Waals surface area contributed by atoms with Gasteiger partial charge in [0.05, 0.1) is 12.4 Å². The minimum Gasteiger partial charge on any atom is -0.406 e. The van der Waals surface area contributed by atoms with Gasteiger partial charge in [0.1, 0.15) is 5.76 Å². The Morgan fingerprint density at radius 3 is 2.51 bits per heavy atom. The zero-order valence-electron chi connectivity index (χ0n) is 20.3. The molecule has 4 rings (SSSR count). The Balaban J connectivity index is 1.16. The van der Waals surface area contributed by atoms with Crippen LogP contribution in [-0.2, 0) is 22.6 Å². The molecule has 2 unspecified atom stereocenters. The van der Waals surface area contributed by atoms with Gasteiger partial charge in [-0.1, -0.05) is 23.4 Å². The van der Waals surface area contributed by atoms with E-state index < -0.39 is 12.3 Å². The molecule has 0 radical (unpaired) electrons. The highest BCUT2D eigenvalue weighted by Crippen LogP contribution is 2.30. The lowest BCUT2D eigenvalue weighted by Crippen LogP contribution is -2.25. The van der Waals surface area contributed by atoms with E-state index in [1.807, 2.05) is 6.92 Å². The van der Waals surface area contributed by atoms with E-state index in [2.05, 4.69) is 36.0 Å². The van der Waals surface area contributed by atoms with E-state index in [4.69, 9.17) is 0 Å². The summed E-state index contributed by atoms with van der Waals surface area (Å²) in [6.07, 6.45) is 6.39. The summed E-state index contributed by atoms with van der Waals surface area (Å²) in [4.78, 5) is 24.5. The monoisotopic (exact) mass is 522 g/mol. The van der Waals surface area contributed by atoms with Gasteiger partial charge < -0.3 is 15.4 Å². The van der Waals surface area contributed by atoms with E-state index in [0.717, 1.165) is 25.7 Å².